The first-order valence-corrected chi connectivity index (χ1v) is 6.94. The van der Waals surface area contributed by atoms with Crippen molar-refractivity contribution >= 4 is 11.3 Å². The van der Waals surface area contributed by atoms with Crippen molar-refractivity contribution < 1.29 is 9.47 Å². The molecule has 4 nitrogen and oxygen atoms in total. The van der Waals surface area contributed by atoms with E-state index in [1.54, 1.807) is 25.6 Å². The van der Waals surface area contributed by atoms with Gasteiger partial charge in [0.1, 0.15) is 0 Å². The number of nitrogens with zero attached hydrogens (tertiary/aromatic N) is 1. The summed E-state index contributed by atoms with van der Waals surface area (Å²) >= 11 is 1.64. The molecule has 0 saturated heterocycles. The van der Waals surface area contributed by atoms with Gasteiger partial charge in [0.05, 0.1) is 19.7 Å². The molecule has 0 aliphatic heterocycles. The normalized spacial score (nSPS) is 12.2. The Hall–Kier alpha value is -1.59. The second-order valence-corrected chi connectivity index (χ2v) is 5.30. The molecule has 0 spiro atoms. The summed E-state index contributed by atoms with van der Waals surface area (Å²) in [7, 11) is 3.27. The molecule has 1 atom stereocenters. The van der Waals surface area contributed by atoms with Crippen molar-refractivity contribution in [2.24, 2.45) is 5.73 Å². The number of benzene rings is 1. The van der Waals surface area contributed by atoms with Crippen molar-refractivity contribution in [1.29, 1.82) is 0 Å². The van der Waals surface area contributed by atoms with E-state index in [1.165, 1.54) is 4.88 Å². The molecule has 0 aliphatic rings. The fourth-order valence-electron chi connectivity index (χ4n) is 1.98. The quantitative estimate of drug-likeness (QED) is 0.880. The zero-order valence-electron chi connectivity index (χ0n) is 11.1. The number of ether oxygens (including phenoxy) is 2. The van der Waals surface area contributed by atoms with Gasteiger partial charge >= 0.3 is 0 Å². The van der Waals surface area contributed by atoms with E-state index in [0.29, 0.717) is 0 Å². The maximum absolute atomic E-state index is 6.17. The van der Waals surface area contributed by atoms with Crippen molar-refractivity contribution in [3.8, 4) is 11.5 Å². The monoisotopic (exact) mass is 278 g/mol. The second kappa shape index (κ2) is 6.54. The SMILES string of the molecule is COc1ccc(CC(N)Cc2cncs2)cc1OC. The van der Waals surface area contributed by atoms with Gasteiger partial charge in [-0.15, -0.1) is 11.3 Å². The van der Waals surface area contributed by atoms with Crippen LogP contribution < -0.4 is 15.2 Å². The van der Waals surface area contributed by atoms with Crippen LogP contribution in [0.2, 0.25) is 0 Å². The molecule has 0 amide bonds. The predicted octanol–water partition coefficient (Wildman–Crippen LogP) is 2.27. The lowest BCUT2D eigenvalue weighted by Crippen LogP contribution is -2.25. The van der Waals surface area contributed by atoms with Crippen molar-refractivity contribution in [1.82, 2.24) is 4.98 Å². The Labute approximate surface area is 117 Å². The van der Waals surface area contributed by atoms with E-state index in [-0.39, 0.29) is 6.04 Å². The summed E-state index contributed by atoms with van der Waals surface area (Å²) in [6, 6.07) is 5.99. The summed E-state index contributed by atoms with van der Waals surface area (Å²) in [5, 5.41) is 0. The smallest absolute Gasteiger partial charge is 0.160 e. The third-order valence-electron chi connectivity index (χ3n) is 2.89. The van der Waals surface area contributed by atoms with Crippen LogP contribution in [0.25, 0.3) is 0 Å². The van der Waals surface area contributed by atoms with Gasteiger partial charge in [0.15, 0.2) is 11.5 Å². The zero-order chi connectivity index (χ0) is 13.7. The average Bonchev–Trinajstić information content (AvgIpc) is 2.91. The van der Waals surface area contributed by atoms with Gasteiger partial charge in [-0.2, -0.15) is 0 Å². The predicted molar refractivity (Wildman–Crippen MR) is 77.0 cm³/mol. The van der Waals surface area contributed by atoms with E-state index in [1.807, 2.05) is 29.9 Å². The number of rotatable bonds is 6. The van der Waals surface area contributed by atoms with Gasteiger partial charge in [-0.3, -0.25) is 4.98 Å². The fourth-order valence-corrected chi connectivity index (χ4v) is 2.67. The molecule has 1 aromatic carbocycles. The molecular weight excluding hydrogens is 260 g/mol. The Bertz CT molecular complexity index is 514. The van der Waals surface area contributed by atoms with E-state index < -0.39 is 0 Å². The van der Waals surface area contributed by atoms with Gasteiger partial charge in [-0.1, -0.05) is 6.07 Å². The minimum atomic E-state index is 0.0820. The van der Waals surface area contributed by atoms with Crippen molar-refractivity contribution in [2.45, 2.75) is 18.9 Å². The molecule has 102 valence electrons. The molecule has 1 aromatic heterocycles. The molecule has 19 heavy (non-hydrogen) atoms. The van der Waals surface area contributed by atoms with Crippen LogP contribution >= 0.6 is 11.3 Å². The highest BCUT2D eigenvalue weighted by atomic mass is 32.1. The Morgan fingerprint density at radius 3 is 2.63 bits per heavy atom. The summed E-state index contributed by atoms with van der Waals surface area (Å²) in [5.41, 5.74) is 9.15. The maximum Gasteiger partial charge on any atom is 0.160 e. The first kappa shape index (κ1) is 13.8. The van der Waals surface area contributed by atoms with Crippen LogP contribution in [-0.4, -0.2) is 25.2 Å². The van der Waals surface area contributed by atoms with Crippen LogP contribution in [0, 0.1) is 0 Å². The maximum atomic E-state index is 6.17. The van der Waals surface area contributed by atoms with Gasteiger partial charge < -0.3 is 15.2 Å². The van der Waals surface area contributed by atoms with Crippen LogP contribution in [0.4, 0.5) is 0 Å². The van der Waals surface area contributed by atoms with Crippen molar-refractivity contribution in [3.05, 3.63) is 40.3 Å². The summed E-state index contributed by atoms with van der Waals surface area (Å²) in [5.74, 6) is 1.48. The summed E-state index contributed by atoms with van der Waals surface area (Å²) in [6.45, 7) is 0. The Kier molecular flexibility index (Phi) is 4.76. The first-order valence-electron chi connectivity index (χ1n) is 6.06. The minimum absolute atomic E-state index is 0.0820. The molecule has 0 fully saturated rings. The lowest BCUT2D eigenvalue weighted by Gasteiger charge is -2.13. The third kappa shape index (κ3) is 3.68. The van der Waals surface area contributed by atoms with Crippen molar-refractivity contribution in [2.75, 3.05) is 14.2 Å². The number of nitrogens with two attached hydrogens (primary N) is 1. The molecule has 0 saturated carbocycles. The van der Waals surface area contributed by atoms with Crippen LogP contribution in [0.5, 0.6) is 11.5 Å². The molecule has 2 N–H and O–H groups in total. The molecule has 1 heterocycles. The van der Waals surface area contributed by atoms with E-state index >= 15 is 0 Å². The van der Waals surface area contributed by atoms with Gasteiger partial charge in [-0.25, -0.2) is 0 Å². The second-order valence-electron chi connectivity index (χ2n) is 4.33. The molecule has 0 aliphatic carbocycles. The molecular formula is C14H18N2O2S. The molecule has 1 unspecified atom stereocenters. The van der Waals surface area contributed by atoms with Gasteiger partial charge in [0.25, 0.3) is 0 Å². The van der Waals surface area contributed by atoms with Crippen LogP contribution in [0.15, 0.2) is 29.9 Å². The summed E-state index contributed by atoms with van der Waals surface area (Å²) in [4.78, 5) is 5.27. The molecule has 2 rings (SSSR count). The number of aromatic nitrogens is 1. The average molecular weight is 278 g/mol. The highest BCUT2D eigenvalue weighted by molar-refractivity contribution is 7.09. The Balaban J connectivity index is 2.02. The third-order valence-corrected chi connectivity index (χ3v) is 3.69. The number of hydrogen-bond acceptors (Lipinski definition) is 5. The number of hydrogen-bond donors (Lipinski definition) is 1. The summed E-state index contributed by atoms with van der Waals surface area (Å²) in [6.07, 6.45) is 3.52. The Morgan fingerprint density at radius 2 is 2.00 bits per heavy atom. The molecule has 5 heteroatoms. The molecule has 0 radical (unpaired) electrons. The van der Waals surface area contributed by atoms with E-state index in [9.17, 15) is 0 Å². The topological polar surface area (TPSA) is 57.4 Å². The largest absolute Gasteiger partial charge is 0.493 e. The summed E-state index contributed by atoms with van der Waals surface area (Å²) < 4.78 is 10.5. The number of thiazole rings is 1. The van der Waals surface area contributed by atoms with Crippen molar-refractivity contribution in [3.63, 3.8) is 0 Å². The standard InChI is InChI=1S/C14H18N2O2S/c1-17-13-4-3-10(6-14(13)18-2)5-11(15)7-12-8-16-9-19-12/h3-4,6,8-9,11H,5,7,15H2,1-2H3. The zero-order valence-corrected chi connectivity index (χ0v) is 11.9. The van der Waals surface area contributed by atoms with Crippen LogP contribution in [0.1, 0.15) is 10.4 Å². The van der Waals surface area contributed by atoms with E-state index in [4.69, 9.17) is 15.2 Å². The van der Waals surface area contributed by atoms with Crippen LogP contribution in [0.3, 0.4) is 0 Å². The van der Waals surface area contributed by atoms with Gasteiger partial charge in [0.2, 0.25) is 0 Å². The Morgan fingerprint density at radius 1 is 1.21 bits per heavy atom. The van der Waals surface area contributed by atoms with Gasteiger partial charge in [0, 0.05) is 17.1 Å². The lowest BCUT2D eigenvalue weighted by molar-refractivity contribution is 0.354. The fraction of sp³-hybridized carbons (Fsp3) is 0.357. The highest BCUT2D eigenvalue weighted by Crippen LogP contribution is 2.28. The molecule has 0 bridgehead atoms. The lowest BCUT2D eigenvalue weighted by atomic mass is 10.0. The van der Waals surface area contributed by atoms with E-state index in [0.717, 1.165) is 29.9 Å². The van der Waals surface area contributed by atoms with E-state index in [2.05, 4.69) is 4.98 Å². The minimum Gasteiger partial charge on any atom is -0.493 e. The first-order chi connectivity index (χ1) is 9.22. The highest BCUT2D eigenvalue weighted by Gasteiger charge is 2.09. The van der Waals surface area contributed by atoms with Crippen LogP contribution in [-0.2, 0) is 12.8 Å². The number of methoxy groups -OCH3 is 2. The molecule has 2 aromatic rings. The van der Waals surface area contributed by atoms with Gasteiger partial charge in [-0.05, 0) is 30.5 Å².